The summed E-state index contributed by atoms with van der Waals surface area (Å²) in [6.07, 6.45) is 1.24. The van der Waals surface area contributed by atoms with Crippen LogP contribution in [0.4, 0.5) is 0 Å². The average Bonchev–Trinajstić information content (AvgIpc) is 2.89. The van der Waals surface area contributed by atoms with Crippen molar-refractivity contribution < 1.29 is 28.9 Å². The van der Waals surface area contributed by atoms with E-state index in [1.54, 1.807) is 25.1 Å². The van der Waals surface area contributed by atoms with Gasteiger partial charge in [-0.05, 0) is 57.9 Å². The first-order valence-electron chi connectivity index (χ1n) is 12.3. The number of hydrogen-bond donors (Lipinski definition) is 2. The van der Waals surface area contributed by atoms with Crippen LogP contribution in [-0.4, -0.2) is 46.8 Å². The highest BCUT2D eigenvalue weighted by molar-refractivity contribution is 6.35. The molecule has 2 aromatic carbocycles. The van der Waals surface area contributed by atoms with Crippen LogP contribution in [0.15, 0.2) is 60.8 Å². The standard InChI is InChI=1S/C29H32Cl2N2O6/c1-17(33-27(35)25-26(34)24(37-5)13-14-32-25)28(36)38-18(2)21(15-19-9-7-6-8-10-19)29(3,4)39-23-12-11-20(30)16-22(23)31/h6-14,16-18,21,34H,15H2,1-5H3,(H,33,35)/t17-,18-,21-/m0/s1. The number of amides is 1. The van der Waals surface area contributed by atoms with Gasteiger partial charge in [-0.1, -0.05) is 53.5 Å². The molecular formula is C29H32Cl2N2O6. The van der Waals surface area contributed by atoms with Gasteiger partial charge >= 0.3 is 5.97 Å². The quantitative estimate of drug-likeness (QED) is 0.276. The topological polar surface area (TPSA) is 107 Å². The van der Waals surface area contributed by atoms with Gasteiger partial charge in [0.25, 0.3) is 5.91 Å². The molecule has 0 spiro atoms. The maximum absolute atomic E-state index is 13.0. The van der Waals surface area contributed by atoms with Crippen molar-refractivity contribution in [1.29, 1.82) is 0 Å². The van der Waals surface area contributed by atoms with E-state index in [1.165, 1.54) is 26.3 Å². The van der Waals surface area contributed by atoms with Crippen LogP contribution in [0.5, 0.6) is 17.2 Å². The number of halogens is 2. The summed E-state index contributed by atoms with van der Waals surface area (Å²) in [5, 5.41) is 13.6. The fourth-order valence-electron chi connectivity index (χ4n) is 4.22. The van der Waals surface area contributed by atoms with Crippen LogP contribution in [0.25, 0.3) is 0 Å². The zero-order valence-electron chi connectivity index (χ0n) is 22.4. The highest BCUT2D eigenvalue weighted by atomic mass is 35.5. The first-order chi connectivity index (χ1) is 18.4. The van der Waals surface area contributed by atoms with Gasteiger partial charge in [-0.25, -0.2) is 9.78 Å². The molecule has 208 valence electrons. The van der Waals surface area contributed by atoms with E-state index in [-0.39, 0.29) is 17.4 Å². The minimum atomic E-state index is -1.03. The average molecular weight is 575 g/mol. The van der Waals surface area contributed by atoms with Crippen LogP contribution < -0.4 is 14.8 Å². The van der Waals surface area contributed by atoms with Crippen molar-refractivity contribution in [2.24, 2.45) is 5.92 Å². The summed E-state index contributed by atoms with van der Waals surface area (Å²) in [6.45, 7) is 7.08. The van der Waals surface area contributed by atoms with Crippen molar-refractivity contribution in [2.75, 3.05) is 7.11 Å². The second-order valence-corrected chi connectivity index (χ2v) is 10.5. The zero-order chi connectivity index (χ0) is 28.7. The molecule has 3 aromatic rings. The van der Waals surface area contributed by atoms with Gasteiger partial charge < -0.3 is 24.6 Å². The van der Waals surface area contributed by atoms with E-state index in [0.717, 1.165) is 5.56 Å². The Morgan fingerprint density at radius 2 is 1.74 bits per heavy atom. The molecule has 8 nitrogen and oxygen atoms in total. The van der Waals surface area contributed by atoms with Gasteiger partial charge in [0.15, 0.2) is 17.2 Å². The lowest BCUT2D eigenvalue weighted by Gasteiger charge is -2.38. The molecule has 0 aliphatic carbocycles. The molecule has 0 unspecified atom stereocenters. The van der Waals surface area contributed by atoms with Crippen molar-refractivity contribution >= 4 is 35.1 Å². The second kappa shape index (κ2) is 13.0. The number of pyridine rings is 1. The Kier molecular flexibility index (Phi) is 10.1. The normalized spacial score (nSPS) is 13.6. The van der Waals surface area contributed by atoms with Crippen molar-refractivity contribution in [1.82, 2.24) is 10.3 Å². The summed E-state index contributed by atoms with van der Waals surface area (Å²) in [6, 6.07) is 15.2. The van der Waals surface area contributed by atoms with Gasteiger partial charge in [0.1, 0.15) is 23.5 Å². The molecule has 0 saturated heterocycles. The van der Waals surface area contributed by atoms with Crippen LogP contribution in [0.2, 0.25) is 10.0 Å². The first kappa shape index (κ1) is 30.1. The molecule has 1 aromatic heterocycles. The largest absolute Gasteiger partial charge is 0.503 e. The number of benzene rings is 2. The van der Waals surface area contributed by atoms with E-state index in [9.17, 15) is 14.7 Å². The Bertz CT molecular complexity index is 1300. The van der Waals surface area contributed by atoms with Gasteiger partial charge in [0, 0.05) is 23.2 Å². The molecule has 0 radical (unpaired) electrons. The highest BCUT2D eigenvalue weighted by Crippen LogP contribution is 2.36. The van der Waals surface area contributed by atoms with E-state index in [1.807, 2.05) is 44.2 Å². The summed E-state index contributed by atoms with van der Waals surface area (Å²) in [5.74, 6) is -1.60. The van der Waals surface area contributed by atoms with Crippen molar-refractivity contribution in [2.45, 2.75) is 51.9 Å². The second-order valence-electron chi connectivity index (χ2n) is 9.62. The Labute approximate surface area is 238 Å². The summed E-state index contributed by atoms with van der Waals surface area (Å²) in [4.78, 5) is 29.6. The summed E-state index contributed by atoms with van der Waals surface area (Å²) in [5.41, 5.74) is -0.0703. The molecule has 2 N–H and O–H groups in total. The minimum absolute atomic E-state index is 0.0887. The summed E-state index contributed by atoms with van der Waals surface area (Å²) in [7, 11) is 1.36. The first-order valence-corrected chi connectivity index (χ1v) is 13.1. The van der Waals surface area contributed by atoms with E-state index in [4.69, 9.17) is 37.4 Å². The van der Waals surface area contributed by atoms with E-state index in [2.05, 4.69) is 10.3 Å². The Morgan fingerprint density at radius 1 is 1.05 bits per heavy atom. The predicted octanol–water partition coefficient (Wildman–Crippen LogP) is 5.87. The van der Waals surface area contributed by atoms with Crippen LogP contribution in [0, 0.1) is 5.92 Å². The van der Waals surface area contributed by atoms with Crippen molar-refractivity contribution in [3.05, 3.63) is 82.1 Å². The minimum Gasteiger partial charge on any atom is -0.503 e. The summed E-state index contributed by atoms with van der Waals surface area (Å²) >= 11 is 12.4. The van der Waals surface area contributed by atoms with Gasteiger partial charge in [0.05, 0.1) is 12.1 Å². The lowest BCUT2D eigenvalue weighted by molar-refractivity contribution is -0.156. The number of nitrogens with one attached hydrogen (secondary N) is 1. The van der Waals surface area contributed by atoms with Crippen molar-refractivity contribution in [3.8, 4) is 17.2 Å². The molecule has 10 heteroatoms. The predicted molar refractivity (Wildman–Crippen MR) is 150 cm³/mol. The highest BCUT2D eigenvalue weighted by Gasteiger charge is 2.39. The van der Waals surface area contributed by atoms with Gasteiger partial charge in [0.2, 0.25) is 0 Å². The number of hydrogen-bond acceptors (Lipinski definition) is 7. The molecule has 39 heavy (non-hydrogen) atoms. The van der Waals surface area contributed by atoms with Gasteiger partial charge in [-0.3, -0.25) is 4.79 Å². The third kappa shape index (κ3) is 7.77. The third-order valence-electron chi connectivity index (χ3n) is 6.35. The lowest BCUT2D eigenvalue weighted by atomic mass is 9.81. The number of nitrogens with zero attached hydrogens (tertiary/aromatic N) is 1. The molecule has 1 heterocycles. The third-order valence-corrected chi connectivity index (χ3v) is 6.88. The van der Waals surface area contributed by atoms with Gasteiger partial charge in [-0.2, -0.15) is 0 Å². The Morgan fingerprint density at radius 3 is 2.38 bits per heavy atom. The van der Waals surface area contributed by atoms with Gasteiger partial charge in [-0.15, -0.1) is 0 Å². The number of esters is 1. The fourth-order valence-corrected chi connectivity index (χ4v) is 4.67. The molecule has 0 bridgehead atoms. The monoisotopic (exact) mass is 574 g/mol. The molecule has 0 saturated carbocycles. The molecular weight excluding hydrogens is 543 g/mol. The summed E-state index contributed by atoms with van der Waals surface area (Å²) < 4.78 is 17.2. The number of carbonyl (C=O) groups is 2. The van der Waals surface area contributed by atoms with Crippen LogP contribution >= 0.6 is 23.2 Å². The molecule has 0 aliphatic rings. The lowest BCUT2D eigenvalue weighted by Crippen LogP contribution is -2.48. The van der Waals surface area contributed by atoms with Crippen molar-refractivity contribution in [3.63, 3.8) is 0 Å². The molecule has 0 aliphatic heterocycles. The molecule has 3 rings (SSSR count). The van der Waals surface area contributed by atoms with Crippen LogP contribution in [0.1, 0.15) is 43.7 Å². The number of ether oxygens (including phenoxy) is 3. The van der Waals surface area contributed by atoms with E-state index < -0.39 is 35.4 Å². The van der Waals surface area contributed by atoms with E-state index >= 15 is 0 Å². The smallest absolute Gasteiger partial charge is 0.328 e. The van der Waals surface area contributed by atoms with E-state index in [0.29, 0.717) is 22.2 Å². The molecule has 3 atom stereocenters. The number of aromatic hydroxyl groups is 1. The SMILES string of the molecule is COc1ccnc(C(=O)N[C@@H](C)C(=O)O[C@@H](C)[C@H](Cc2ccccc2)C(C)(C)Oc2ccc(Cl)cc2Cl)c1O. The zero-order valence-corrected chi connectivity index (χ0v) is 23.9. The number of aromatic nitrogens is 1. The maximum atomic E-state index is 13.0. The fraction of sp³-hybridized carbons (Fsp3) is 0.345. The maximum Gasteiger partial charge on any atom is 0.328 e. The number of methoxy groups -OCH3 is 1. The number of carbonyl (C=O) groups excluding carboxylic acids is 2. The van der Waals surface area contributed by atoms with Crippen LogP contribution in [-0.2, 0) is 16.0 Å². The molecule has 0 fully saturated rings. The number of rotatable bonds is 11. The molecule has 1 amide bonds. The van der Waals surface area contributed by atoms with Crippen LogP contribution in [0.3, 0.4) is 0 Å². The Balaban J connectivity index is 1.77. The Hall–Kier alpha value is -3.49.